The summed E-state index contributed by atoms with van der Waals surface area (Å²) in [6.45, 7) is 0.658. The normalized spacial score (nSPS) is 10.7. The number of fused-ring (bicyclic) bond motifs is 1. The molecule has 0 aliphatic heterocycles. The lowest BCUT2D eigenvalue weighted by atomic mass is 10.0. The largest absolute Gasteiger partial charge is 0.364 e. The monoisotopic (exact) mass is 340 g/mol. The molecular weight excluding hydrogens is 324 g/mol. The van der Waals surface area contributed by atoms with Gasteiger partial charge in [0.1, 0.15) is 10.7 Å². The van der Waals surface area contributed by atoms with Gasteiger partial charge in [0.25, 0.3) is 11.8 Å². The molecule has 0 aliphatic rings. The molecule has 6 nitrogen and oxygen atoms in total. The van der Waals surface area contributed by atoms with Crippen molar-refractivity contribution in [1.82, 2.24) is 10.3 Å². The van der Waals surface area contributed by atoms with Crippen LogP contribution in [-0.4, -0.2) is 16.8 Å². The number of hydrogen-bond donors (Lipinski definition) is 3. The Morgan fingerprint density at radius 3 is 2.75 bits per heavy atom. The van der Waals surface area contributed by atoms with Gasteiger partial charge in [-0.05, 0) is 28.5 Å². The van der Waals surface area contributed by atoms with Crippen LogP contribution < -0.4 is 16.8 Å². The molecule has 0 saturated heterocycles. The summed E-state index contributed by atoms with van der Waals surface area (Å²) in [7, 11) is 0. The molecule has 0 bridgehead atoms. The molecule has 0 unspecified atom stereocenters. The number of nitrogens with zero attached hydrogens (tertiary/aromatic N) is 1. The summed E-state index contributed by atoms with van der Waals surface area (Å²) < 4.78 is 0. The topological polar surface area (TPSA) is 111 Å². The average Bonchev–Trinajstić information content (AvgIpc) is 3.08. The Bertz CT molecular complexity index is 920. The lowest BCUT2D eigenvalue weighted by molar-refractivity contribution is 0.0950. The van der Waals surface area contributed by atoms with E-state index in [0.29, 0.717) is 17.1 Å². The van der Waals surface area contributed by atoms with Crippen LogP contribution in [0.2, 0.25) is 0 Å². The second-order valence-electron chi connectivity index (χ2n) is 5.23. The smallest absolute Gasteiger partial charge is 0.268 e. The highest BCUT2D eigenvalue weighted by atomic mass is 32.1. The van der Waals surface area contributed by atoms with Gasteiger partial charge in [-0.25, -0.2) is 4.98 Å². The van der Waals surface area contributed by atoms with E-state index in [1.54, 1.807) is 11.4 Å². The molecule has 0 spiro atoms. The number of primary amides is 1. The van der Waals surface area contributed by atoms with Crippen molar-refractivity contribution in [1.29, 1.82) is 0 Å². The minimum atomic E-state index is -0.576. The van der Waals surface area contributed by atoms with Crippen LogP contribution in [0.4, 0.5) is 0 Å². The van der Waals surface area contributed by atoms with E-state index in [2.05, 4.69) is 10.3 Å². The minimum Gasteiger partial charge on any atom is -0.364 e. The molecule has 24 heavy (non-hydrogen) atoms. The van der Waals surface area contributed by atoms with E-state index < -0.39 is 5.91 Å². The maximum Gasteiger partial charge on any atom is 0.268 e. The van der Waals surface area contributed by atoms with E-state index in [1.807, 2.05) is 30.3 Å². The Morgan fingerprint density at radius 1 is 1.21 bits per heavy atom. The molecule has 2 aromatic carbocycles. The van der Waals surface area contributed by atoms with Gasteiger partial charge in [0, 0.05) is 17.5 Å². The molecule has 2 amide bonds. The number of nitrogens with one attached hydrogen (secondary N) is 1. The summed E-state index contributed by atoms with van der Waals surface area (Å²) in [6, 6.07) is 11.4. The van der Waals surface area contributed by atoms with Gasteiger partial charge >= 0.3 is 0 Å². The number of benzene rings is 2. The predicted molar refractivity (Wildman–Crippen MR) is 93.6 cm³/mol. The van der Waals surface area contributed by atoms with Crippen LogP contribution in [0.15, 0.2) is 41.8 Å². The fourth-order valence-electron chi connectivity index (χ4n) is 2.42. The predicted octanol–water partition coefficient (Wildman–Crippen LogP) is 1.78. The van der Waals surface area contributed by atoms with Crippen LogP contribution in [0.25, 0.3) is 10.8 Å². The quantitative estimate of drug-likeness (QED) is 0.657. The Kier molecular flexibility index (Phi) is 4.54. The van der Waals surface area contributed by atoms with Gasteiger partial charge < -0.3 is 16.8 Å². The van der Waals surface area contributed by atoms with Crippen molar-refractivity contribution in [2.24, 2.45) is 11.5 Å². The highest BCUT2D eigenvalue weighted by Gasteiger charge is 2.10. The first kappa shape index (κ1) is 16.1. The standard InChI is InChI=1S/C17H16N4O2S/c18-7-12-3-1-2-10-4-5-11(6-13(10)12)17(23)20-8-15-21-14(9-24-15)16(19)22/h1-6,9H,7-8,18H2,(H2,19,22)(H,20,23). The molecule has 3 rings (SSSR count). The SMILES string of the molecule is NCc1cccc2ccc(C(=O)NCc3nc(C(N)=O)cs3)cc12. The zero-order valence-electron chi connectivity index (χ0n) is 12.8. The summed E-state index contributed by atoms with van der Waals surface area (Å²) in [5.74, 6) is -0.785. The molecule has 0 atom stereocenters. The van der Waals surface area contributed by atoms with E-state index in [-0.39, 0.29) is 18.1 Å². The average molecular weight is 340 g/mol. The third-order valence-corrected chi connectivity index (χ3v) is 4.51. The van der Waals surface area contributed by atoms with Gasteiger partial charge in [-0.3, -0.25) is 9.59 Å². The number of rotatable bonds is 5. The molecule has 122 valence electrons. The van der Waals surface area contributed by atoms with Crippen molar-refractivity contribution in [2.45, 2.75) is 13.1 Å². The van der Waals surface area contributed by atoms with E-state index in [1.165, 1.54) is 11.3 Å². The summed E-state index contributed by atoms with van der Waals surface area (Å²) in [5.41, 5.74) is 12.7. The van der Waals surface area contributed by atoms with E-state index >= 15 is 0 Å². The molecule has 0 radical (unpaired) electrons. The van der Waals surface area contributed by atoms with Crippen LogP contribution in [0.5, 0.6) is 0 Å². The van der Waals surface area contributed by atoms with Gasteiger partial charge in [0.2, 0.25) is 0 Å². The molecule has 0 saturated carbocycles. The van der Waals surface area contributed by atoms with Crippen LogP contribution >= 0.6 is 11.3 Å². The summed E-state index contributed by atoms with van der Waals surface area (Å²) in [4.78, 5) is 27.4. The molecule has 5 N–H and O–H groups in total. The van der Waals surface area contributed by atoms with Gasteiger partial charge in [0.15, 0.2) is 0 Å². The molecule has 0 aliphatic carbocycles. The van der Waals surface area contributed by atoms with Crippen LogP contribution in [0, 0.1) is 0 Å². The van der Waals surface area contributed by atoms with Crippen molar-refractivity contribution < 1.29 is 9.59 Å². The van der Waals surface area contributed by atoms with Crippen molar-refractivity contribution in [3.63, 3.8) is 0 Å². The van der Waals surface area contributed by atoms with E-state index in [4.69, 9.17) is 11.5 Å². The zero-order valence-corrected chi connectivity index (χ0v) is 13.6. The first-order valence-corrected chi connectivity index (χ1v) is 8.20. The lowest BCUT2D eigenvalue weighted by Gasteiger charge is -2.08. The Morgan fingerprint density at radius 2 is 2.04 bits per heavy atom. The van der Waals surface area contributed by atoms with Crippen LogP contribution in [0.3, 0.4) is 0 Å². The first-order chi connectivity index (χ1) is 11.6. The summed E-state index contributed by atoms with van der Waals surface area (Å²) in [6.07, 6.45) is 0. The van der Waals surface area contributed by atoms with Crippen LogP contribution in [0.1, 0.15) is 31.4 Å². The van der Waals surface area contributed by atoms with E-state index in [0.717, 1.165) is 16.3 Å². The minimum absolute atomic E-state index is 0.209. The van der Waals surface area contributed by atoms with Gasteiger partial charge in [-0.1, -0.05) is 24.3 Å². The maximum atomic E-state index is 12.3. The number of carbonyl (C=O) groups is 2. The maximum absolute atomic E-state index is 12.3. The third-order valence-electron chi connectivity index (χ3n) is 3.66. The summed E-state index contributed by atoms with van der Waals surface area (Å²) in [5, 5.41) is 7.01. The van der Waals surface area contributed by atoms with Crippen LogP contribution in [-0.2, 0) is 13.1 Å². The lowest BCUT2D eigenvalue weighted by Crippen LogP contribution is -2.23. The van der Waals surface area contributed by atoms with Gasteiger partial charge in [-0.2, -0.15) is 0 Å². The fraction of sp³-hybridized carbons (Fsp3) is 0.118. The molecule has 1 heterocycles. The van der Waals surface area contributed by atoms with Crippen molar-refractivity contribution in [3.05, 3.63) is 63.6 Å². The summed E-state index contributed by atoms with van der Waals surface area (Å²) >= 11 is 1.28. The number of nitrogens with two attached hydrogens (primary N) is 2. The van der Waals surface area contributed by atoms with Crippen molar-refractivity contribution >= 4 is 33.9 Å². The molecule has 3 aromatic rings. The van der Waals surface area contributed by atoms with Gasteiger partial charge in [0.05, 0.1) is 6.54 Å². The Hall–Kier alpha value is -2.77. The van der Waals surface area contributed by atoms with Gasteiger partial charge in [-0.15, -0.1) is 11.3 Å². The third kappa shape index (κ3) is 3.27. The number of hydrogen-bond acceptors (Lipinski definition) is 5. The highest BCUT2D eigenvalue weighted by Crippen LogP contribution is 2.20. The first-order valence-electron chi connectivity index (χ1n) is 7.32. The van der Waals surface area contributed by atoms with Crippen molar-refractivity contribution in [3.8, 4) is 0 Å². The van der Waals surface area contributed by atoms with Crippen molar-refractivity contribution in [2.75, 3.05) is 0 Å². The highest BCUT2D eigenvalue weighted by molar-refractivity contribution is 7.09. The number of amides is 2. The molecular formula is C17H16N4O2S. The Balaban J connectivity index is 1.77. The molecule has 0 fully saturated rings. The molecule has 7 heteroatoms. The zero-order chi connectivity index (χ0) is 17.1. The Labute approximate surface area is 142 Å². The fourth-order valence-corrected chi connectivity index (χ4v) is 3.14. The molecule has 1 aromatic heterocycles. The second kappa shape index (κ2) is 6.77. The number of aromatic nitrogens is 1. The van der Waals surface area contributed by atoms with E-state index in [9.17, 15) is 9.59 Å². The number of carbonyl (C=O) groups excluding carboxylic acids is 2. The number of thiazole rings is 1. The second-order valence-corrected chi connectivity index (χ2v) is 6.17.